The smallest absolute Gasteiger partial charge is 0.137 e. The molecule has 0 spiro atoms. The van der Waals surface area contributed by atoms with E-state index < -0.39 is 0 Å². The summed E-state index contributed by atoms with van der Waals surface area (Å²) < 4.78 is 5.31. The third kappa shape index (κ3) is 5.30. The van der Waals surface area contributed by atoms with E-state index in [0.29, 0.717) is 5.92 Å². The minimum atomic E-state index is 0.517. The van der Waals surface area contributed by atoms with Crippen molar-refractivity contribution in [1.82, 2.24) is 9.97 Å². The van der Waals surface area contributed by atoms with Gasteiger partial charge < -0.3 is 10.1 Å². The topological polar surface area (TPSA) is 47.0 Å². The van der Waals surface area contributed by atoms with Gasteiger partial charge in [-0.15, -0.1) is 0 Å². The monoisotopic (exact) mass is 363 g/mol. The molecule has 2 aromatic rings. The Kier molecular flexibility index (Phi) is 7.35. The van der Waals surface area contributed by atoms with Crippen LogP contribution < -0.4 is 10.1 Å². The minimum Gasteiger partial charge on any atom is -0.497 e. The number of benzene rings is 1. The normalized spacial score (nSPS) is 12.2. The summed E-state index contributed by atoms with van der Waals surface area (Å²) in [7, 11) is 1.67. The highest BCUT2D eigenvalue weighted by molar-refractivity contribution is 5.89. The van der Waals surface area contributed by atoms with Gasteiger partial charge in [0.25, 0.3) is 0 Å². The molecule has 0 aliphatic carbocycles. The van der Waals surface area contributed by atoms with Gasteiger partial charge in [0.2, 0.25) is 0 Å². The third-order valence-corrected chi connectivity index (χ3v) is 4.22. The number of ether oxygens (including phenoxy) is 1. The fourth-order valence-electron chi connectivity index (χ4n) is 2.83. The van der Waals surface area contributed by atoms with Crippen LogP contribution in [0.2, 0.25) is 0 Å². The van der Waals surface area contributed by atoms with Gasteiger partial charge >= 0.3 is 0 Å². The van der Waals surface area contributed by atoms with Gasteiger partial charge in [0, 0.05) is 12.1 Å². The molecule has 4 nitrogen and oxygen atoms in total. The molecule has 0 atom stereocenters. The van der Waals surface area contributed by atoms with E-state index in [9.17, 15) is 0 Å². The molecule has 1 aromatic carbocycles. The number of hydrogen-bond acceptors (Lipinski definition) is 4. The number of anilines is 1. The van der Waals surface area contributed by atoms with Gasteiger partial charge in [0.05, 0.1) is 12.8 Å². The van der Waals surface area contributed by atoms with Crippen molar-refractivity contribution in [1.29, 1.82) is 0 Å². The van der Waals surface area contributed by atoms with Crippen LogP contribution in [0.5, 0.6) is 5.75 Å². The molecule has 0 aliphatic heterocycles. The summed E-state index contributed by atoms with van der Waals surface area (Å²) in [4.78, 5) is 8.98. The number of hydrogen-bond donors (Lipinski definition) is 1. The minimum absolute atomic E-state index is 0.517. The maximum atomic E-state index is 5.31. The summed E-state index contributed by atoms with van der Waals surface area (Å²) in [6.45, 7) is 13.1. The van der Waals surface area contributed by atoms with Crippen molar-refractivity contribution in [2.24, 2.45) is 5.92 Å². The summed E-state index contributed by atoms with van der Waals surface area (Å²) in [5.74, 6) is 2.20. The summed E-state index contributed by atoms with van der Waals surface area (Å²) in [5.41, 5.74) is 5.26. The first-order chi connectivity index (χ1) is 13.0. The second-order valence-corrected chi connectivity index (χ2v) is 6.84. The number of aromatic nitrogens is 2. The van der Waals surface area contributed by atoms with Crippen molar-refractivity contribution in [3.63, 3.8) is 0 Å². The maximum absolute atomic E-state index is 5.31. The molecule has 142 valence electrons. The van der Waals surface area contributed by atoms with E-state index in [2.05, 4.69) is 60.8 Å². The molecule has 0 aliphatic rings. The summed E-state index contributed by atoms with van der Waals surface area (Å²) in [5, 5.41) is 3.48. The first-order valence-electron chi connectivity index (χ1n) is 9.18. The highest BCUT2D eigenvalue weighted by Gasteiger charge is 2.17. The lowest BCUT2D eigenvalue weighted by Gasteiger charge is -2.19. The van der Waals surface area contributed by atoms with Crippen molar-refractivity contribution >= 4 is 11.4 Å². The van der Waals surface area contributed by atoms with Crippen molar-refractivity contribution in [3.05, 3.63) is 77.8 Å². The number of rotatable bonds is 8. The lowest BCUT2D eigenvalue weighted by Crippen LogP contribution is -2.13. The first-order valence-corrected chi connectivity index (χ1v) is 9.18. The number of allylic oxidation sites excluding steroid dienone is 4. The van der Waals surface area contributed by atoms with E-state index in [0.717, 1.165) is 46.1 Å². The molecule has 0 amide bonds. The average molecular weight is 364 g/mol. The second kappa shape index (κ2) is 9.72. The molecule has 1 N–H and O–H groups in total. The third-order valence-electron chi connectivity index (χ3n) is 4.22. The highest BCUT2D eigenvalue weighted by Crippen LogP contribution is 2.34. The Labute approximate surface area is 162 Å². The van der Waals surface area contributed by atoms with Crippen LogP contribution in [0.4, 0.5) is 5.82 Å². The number of methoxy groups -OCH3 is 1. The zero-order chi connectivity index (χ0) is 19.8. The fourth-order valence-corrected chi connectivity index (χ4v) is 2.83. The Hall–Kier alpha value is -2.88. The summed E-state index contributed by atoms with van der Waals surface area (Å²) in [6, 6.07) is 8.08. The summed E-state index contributed by atoms with van der Waals surface area (Å²) >= 11 is 0. The largest absolute Gasteiger partial charge is 0.497 e. The van der Waals surface area contributed by atoms with E-state index >= 15 is 0 Å². The van der Waals surface area contributed by atoms with Gasteiger partial charge in [-0.05, 0) is 48.6 Å². The quantitative estimate of drug-likeness (QED) is 0.636. The molecule has 4 heteroatoms. The van der Waals surface area contributed by atoms with E-state index in [-0.39, 0.29) is 0 Å². The highest BCUT2D eigenvalue weighted by atomic mass is 16.5. The van der Waals surface area contributed by atoms with Crippen LogP contribution in [0.15, 0.2) is 61.0 Å². The molecule has 0 saturated heterocycles. The predicted molar refractivity (Wildman–Crippen MR) is 114 cm³/mol. The summed E-state index contributed by atoms with van der Waals surface area (Å²) in [6.07, 6.45) is 7.40. The van der Waals surface area contributed by atoms with Crippen LogP contribution in [0.1, 0.15) is 37.6 Å². The number of nitrogens with one attached hydrogen (secondary N) is 1. The molecule has 0 radical (unpaired) electrons. The SMILES string of the molecule is C=C/C=C/C(C)=C(\c1ccc(OC)cc1)c1c(C)ncnc1NCC(C)C. The lowest BCUT2D eigenvalue weighted by atomic mass is 9.92. The molecule has 0 bridgehead atoms. The van der Waals surface area contributed by atoms with Gasteiger partial charge in [0.15, 0.2) is 0 Å². The Bertz CT molecular complexity index is 833. The maximum Gasteiger partial charge on any atom is 0.137 e. The molecule has 0 fully saturated rings. The molecule has 27 heavy (non-hydrogen) atoms. The zero-order valence-electron chi connectivity index (χ0n) is 16.9. The van der Waals surface area contributed by atoms with E-state index in [1.54, 1.807) is 19.5 Å². The Morgan fingerprint density at radius 1 is 1.22 bits per heavy atom. The molecular formula is C23H29N3O. The number of aryl methyl sites for hydroxylation is 1. The van der Waals surface area contributed by atoms with Crippen LogP contribution in [0.3, 0.4) is 0 Å². The molecule has 2 rings (SSSR count). The van der Waals surface area contributed by atoms with Crippen LogP contribution in [0, 0.1) is 12.8 Å². The van der Waals surface area contributed by atoms with Gasteiger partial charge in [-0.1, -0.05) is 50.8 Å². The van der Waals surface area contributed by atoms with Gasteiger partial charge in [0.1, 0.15) is 17.9 Å². The van der Waals surface area contributed by atoms with Crippen LogP contribution in [-0.2, 0) is 0 Å². The first kappa shape index (κ1) is 20.4. The standard InChI is InChI=1S/C23H29N3O/c1-7-8-9-17(4)21(19-10-12-20(27-6)13-11-19)22-18(5)25-15-26-23(22)24-14-16(2)3/h7-13,15-16H,1,14H2,2-6H3,(H,24,25,26)/b9-8+,21-17+. The van der Waals surface area contributed by atoms with Crippen molar-refractivity contribution in [2.45, 2.75) is 27.7 Å². The fraction of sp³-hybridized carbons (Fsp3) is 0.304. The molecule has 0 saturated carbocycles. The van der Waals surface area contributed by atoms with Crippen LogP contribution in [-0.4, -0.2) is 23.6 Å². The van der Waals surface area contributed by atoms with Gasteiger partial charge in [-0.25, -0.2) is 9.97 Å². The lowest BCUT2D eigenvalue weighted by molar-refractivity contribution is 0.415. The Morgan fingerprint density at radius 2 is 1.93 bits per heavy atom. The second-order valence-electron chi connectivity index (χ2n) is 6.84. The number of nitrogens with zero attached hydrogens (tertiary/aromatic N) is 2. The Morgan fingerprint density at radius 3 is 2.52 bits per heavy atom. The molecule has 0 unspecified atom stereocenters. The zero-order valence-corrected chi connectivity index (χ0v) is 16.9. The van der Waals surface area contributed by atoms with Crippen molar-refractivity contribution in [2.75, 3.05) is 19.0 Å². The predicted octanol–water partition coefficient (Wildman–Crippen LogP) is 5.43. The van der Waals surface area contributed by atoms with Gasteiger partial charge in [-0.3, -0.25) is 0 Å². The van der Waals surface area contributed by atoms with Crippen LogP contribution >= 0.6 is 0 Å². The average Bonchev–Trinajstić information content (AvgIpc) is 2.67. The Balaban J connectivity index is 2.67. The van der Waals surface area contributed by atoms with E-state index in [4.69, 9.17) is 4.74 Å². The van der Waals surface area contributed by atoms with Crippen molar-refractivity contribution < 1.29 is 4.74 Å². The van der Waals surface area contributed by atoms with Crippen LogP contribution in [0.25, 0.3) is 5.57 Å². The van der Waals surface area contributed by atoms with E-state index in [1.165, 1.54) is 0 Å². The van der Waals surface area contributed by atoms with Gasteiger partial charge in [-0.2, -0.15) is 0 Å². The van der Waals surface area contributed by atoms with E-state index in [1.807, 2.05) is 25.1 Å². The molecular weight excluding hydrogens is 334 g/mol. The van der Waals surface area contributed by atoms with Crippen molar-refractivity contribution in [3.8, 4) is 5.75 Å². The molecule has 1 heterocycles. The molecule has 1 aromatic heterocycles.